The van der Waals surface area contributed by atoms with Crippen molar-refractivity contribution in [1.82, 2.24) is 0 Å². The Bertz CT molecular complexity index is 96.5. The van der Waals surface area contributed by atoms with Gasteiger partial charge in [0.05, 0.1) is 6.42 Å². The third-order valence-electron chi connectivity index (χ3n) is 0.980. The summed E-state index contributed by atoms with van der Waals surface area (Å²) in [5, 5.41) is 24.8. The molecule has 4 nitrogen and oxygen atoms in total. The van der Waals surface area contributed by atoms with Crippen LogP contribution in [0.25, 0.3) is 0 Å². The Morgan fingerprint density at radius 3 is 1.90 bits per heavy atom. The van der Waals surface area contributed by atoms with Crippen LogP contribution in [-0.2, 0) is 4.79 Å². The molecule has 0 amide bonds. The number of carboxylic acid groups (broad SMARTS) is 1. The van der Waals surface area contributed by atoms with E-state index in [-0.39, 0.29) is 39.9 Å². The molecule has 0 atom stereocenters. The summed E-state index contributed by atoms with van der Waals surface area (Å²) in [6.45, 7) is -0.550. The van der Waals surface area contributed by atoms with Gasteiger partial charge in [0.25, 0.3) is 0 Å². The molecule has 5 heteroatoms. The van der Waals surface area contributed by atoms with E-state index < -0.39 is 11.9 Å². The third-order valence-corrected chi connectivity index (χ3v) is 0.980. The Morgan fingerprint density at radius 2 is 1.80 bits per heavy atom. The standard InChI is InChI=1S/C5H10O4.Li.H/c6-2-4(3-7)1-5(8)9;;/h4,6-7H,1-3H2,(H,8,9);;/q;+1;-1. The number of aliphatic hydroxyl groups excluding tert-OH is 2. The van der Waals surface area contributed by atoms with Gasteiger partial charge in [-0.15, -0.1) is 0 Å². The normalized spacial score (nSPS) is 9.10. The molecule has 0 radical (unpaired) electrons. The van der Waals surface area contributed by atoms with Crippen molar-refractivity contribution in [2.75, 3.05) is 13.2 Å². The molecule has 0 aliphatic carbocycles. The minimum Gasteiger partial charge on any atom is -1.00 e. The van der Waals surface area contributed by atoms with Gasteiger partial charge in [-0.25, -0.2) is 0 Å². The molecule has 0 heterocycles. The van der Waals surface area contributed by atoms with Crippen LogP contribution in [0.3, 0.4) is 0 Å². The Balaban J connectivity index is -0.000000320. The van der Waals surface area contributed by atoms with Crippen LogP contribution < -0.4 is 18.9 Å². The molecule has 10 heavy (non-hydrogen) atoms. The summed E-state index contributed by atoms with van der Waals surface area (Å²) in [5.74, 6) is -1.51. The van der Waals surface area contributed by atoms with Crippen LogP contribution in [0.1, 0.15) is 7.85 Å². The van der Waals surface area contributed by atoms with Gasteiger partial charge in [-0.05, 0) is 0 Å². The zero-order valence-corrected chi connectivity index (χ0v) is 5.95. The van der Waals surface area contributed by atoms with Crippen molar-refractivity contribution in [3.8, 4) is 0 Å². The molecule has 0 rings (SSSR count). The van der Waals surface area contributed by atoms with Crippen LogP contribution in [0.15, 0.2) is 0 Å². The number of carboxylic acids is 1. The molecular weight excluding hydrogens is 131 g/mol. The molecule has 0 aromatic heterocycles. The number of hydrogen-bond donors (Lipinski definition) is 3. The molecule has 0 aromatic rings. The van der Waals surface area contributed by atoms with Gasteiger partial charge < -0.3 is 16.7 Å². The molecule has 56 valence electrons. The second kappa shape index (κ2) is 7.10. The summed E-state index contributed by atoms with van der Waals surface area (Å²) in [6.07, 6.45) is -0.174. The fourth-order valence-electron chi connectivity index (χ4n) is 0.434. The summed E-state index contributed by atoms with van der Waals surface area (Å²) in [6, 6.07) is 0. The molecule has 0 unspecified atom stereocenters. The maximum atomic E-state index is 9.91. The molecule has 3 N–H and O–H groups in total. The van der Waals surface area contributed by atoms with Crippen molar-refractivity contribution in [1.29, 1.82) is 0 Å². The smallest absolute Gasteiger partial charge is 1.00 e. The fraction of sp³-hybridized carbons (Fsp3) is 0.800. The minimum absolute atomic E-state index is 0. The molecule has 0 bridgehead atoms. The van der Waals surface area contributed by atoms with Crippen molar-refractivity contribution in [2.45, 2.75) is 6.42 Å². The van der Waals surface area contributed by atoms with Gasteiger partial charge in [-0.1, -0.05) is 0 Å². The number of hydrogen-bond acceptors (Lipinski definition) is 3. The molecule has 0 aliphatic rings. The van der Waals surface area contributed by atoms with E-state index in [1.807, 2.05) is 0 Å². The number of aliphatic hydroxyl groups is 2. The molecule has 0 fully saturated rings. The Hall–Kier alpha value is -0.0126. The van der Waals surface area contributed by atoms with Crippen LogP contribution in [0.4, 0.5) is 0 Å². The molecule has 0 aromatic carbocycles. The number of carbonyl (C=O) groups is 1. The van der Waals surface area contributed by atoms with E-state index in [4.69, 9.17) is 15.3 Å². The third kappa shape index (κ3) is 6.11. The van der Waals surface area contributed by atoms with E-state index in [0.717, 1.165) is 0 Å². The summed E-state index contributed by atoms with van der Waals surface area (Å²) in [4.78, 5) is 9.91. The predicted molar refractivity (Wildman–Crippen MR) is 31.0 cm³/mol. The van der Waals surface area contributed by atoms with E-state index in [1.165, 1.54) is 0 Å². The first-order chi connectivity index (χ1) is 4.20. The SMILES string of the molecule is O=C(O)CC(CO)CO.[H-].[Li+]. The zero-order chi connectivity index (χ0) is 7.28. The Labute approximate surface area is 72.5 Å². The second-order valence-electron chi connectivity index (χ2n) is 1.83. The Kier molecular flexibility index (Phi) is 8.98. The van der Waals surface area contributed by atoms with Crippen molar-refractivity contribution < 1.29 is 40.4 Å². The maximum absolute atomic E-state index is 9.91. The fourth-order valence-corrected chi connectivity index (χ4v) is 0.434. The molecular formula is C5H11LiO4. The molecule has 0 saturated carbocycles. The quantitative estimate of drug-likeness (QED) is 0.351. The van der Waals surface area contributed by atoms with E-state index in [0.29, 0.717) is 0 Å². The summed E-state index contributed by atoms with van der Waals surface area (Å²) in [5.41, 5.74) is 0. The van der Waals surface area contributed by atoms with Crippen molar-refractivity contribution >= 4 is 5.97 Å². The monoisotopic (exact) mass is 142 g/mol. The second-order valence-corrected chi connectivity index (χ2v) is 1.83. The van der Waals surface area contributed by atoms with Gasteiger partial charge in [0.15, 0.2) is 0 Å². The first-order valence-electron chi connectivity index (χ1n) is 2.64. The van der Waals surface area contributed by atoms with E-state index >= 15 is 0 Å². The number of rotatable bonds is 4. The summed E-state index contributed by atoms with van der Waals surface area (Å²) >= 11 is 0. The zero-order valence-electron chi connectivity index (χ0n) is 6.95. The Morgan fingerprint density at radius 1 is 1.40 bits per heavy atom. The molecule has 0 aliphatic heterocycles. The van der Waals surface area contributed by atoms with Crippen molar-refractivity contribution in [2.24, 2.45) is 5.92 Å². The van der Waals surface area contributed by atoms with Crippen LogP contribution in [0.5, 0.6) is 0 Å². The van der Waals surface area contributed by atoms with Gasteiger partial charge in [-0.2, -0.15) is 0 Å². The first kappa shape index (κ1) is 12.6. The average molecular weight is 142 g/mol. The van der Waals surface area contributed by atoms with Crippen molar-refractivity contribution in [3.63, 3.8) is 0 Å². The van der Waals surface area contributed by atoms with E-state index in [1.54, 1.807) is 0 Å². The van der Waals surface area contributed by atoms with Gasteiger partial charge in [0, 0.05) is 19.1 Å². The van der Waals surface area contributed by atoms with Gasteiger partial charge in [0.2, 0.25) is 0 Å². The summed E-state index contributed by atoms with van der Waals surface area (Å²) in [7, 11) is 0. The average Bonchev–Trinajstić information content (AvgIpc) is 1.82. The number of aliphatic carboxylic acids is 1. The van der Waals surface area contributed by atoms with Gasteiger partial charge in [0.1, 0.15) is 0 Å². The largest absolute Gasteiger partial charge is 1.00 e. The first-order valence-corrected chi connectivity index (χ1v) is 2.64. The molecule has 0 saturated heterocycles. The molecule has 0 spiro atoms. The van der Waals surface area contributed by atoms with Gasteiger partial charge in [-0.3, -0.25) is 4.79 Å². The summed E-state index contributed by atoms with van der Waals surface area (Å²) < 4.78 is 0. The van der Waals surface area contributed by atoms with E-state index in [2.05, 4.69) is 0 Å². The van der Waals surface area contributed by atoms with Crippen LogP contribution >= 0.6 is 0 Å². The minimum atomic E-state index is -0.997. The van der Waals surface area contributed by atoms with Crippen molar-refractivity contribution in [3.05, 3.63) is 0 Å². The van der Waals surface area contributed by atoms with Gasteiger partial charge >= 0.3 is 24.8 Å². The van der Waals surface area contributed by atoms with Crippen LogP contribution in [-0.4, -0.2) is 34.5 Å². The predicted octanol–water partition coefficient (Wildman–Crippen LogP) is -3.82. The van der Waals surface area contributed by atoms with Crippen LogP contribution in [0.2, 0.25) is 0 Å². The van der Waals surface area contributed by atoms with Crippen LogP contribution in [0, 0.1) is 5.92 Å². The van der Waals surface area contributed by atoms with E-state index in [9.17, 15) is 4.79 Å². The maximum Gasteiger partial charge on any atom is 1.00 e. The topological polar surface area (TPSA) is 77.8 Å².